The Labute approximate surface area is 406 Å². The lowest BCUT2D eigenvalue weighted by atomic mass is 10.1. The monoisotopic (exact) mass is 965 g/mol. The number of hydrogen-bond donors (Lipinski definition) is 1. The van der Waals surface area contributed by atoms with E-state index in [0.717, 1.165) is 27.8 Å². The molecule has 0 aliphatic carbocycles. The van der Waals surface area contributed by atoms with Crippen LogP contribution in [0.4, 0.5) is 11.4 Å². The molecule has 2 atom stereocenters. The van der Waals surface area contributed by atoms with Gasteiger partial charge in [-0.05, 0) is 66.8 Å². The summed E-state index contributed by atoms with van der Waals surface area (Å²) in [5.41, 5.74) is 6.29. The maximum absolute atomic E-state index is 13.5. The summed E-state index contributed by atoms with van der Waals surface area (Å²) in [4.78, 5) is 75.6. The molecule has 19 heteroatoms. The molecule has 70 heavy (non-hydrogen) atoms. The number of amides is 3. The number of carbonyl (C=O) groups excluding carboxylic acids is 5. The van der Waals surface area contributed by atoms with Crippen LogP contribution in [0.1, 0.15) is 63.1 Å². The van der Waals surface area contributed by atoms with Gasteiger partial charge in [0.25, 0.3) is 11.8 Å². The quantitative estimate of drug-likeness (QED) is 0.0697. The first-order valence-corrected chi connectivity index (χ1v) is 22.9. The van der Waals surface area contributed by atoms with Crippen LogP contribution in [0.2, 0.25) is 0 Å². The van der Waals surface area contributed by atoms with E-state index in [-0.39, 0.29) is 96.2 Å². The van der Waals surface area contributed by atoms with Crippen LogP contribution < -0.4 is 24.3 Å². The minimum Gasteiger partial charge on any atom is -0.493 e. The predicted molar refractivity (Wildman–Crippen MR) is 256 cm³/mol. The Bertz CT molecular complexity index is 2520. The van der Waals surface area contributed by atoms with Gasteiger partial charge in [-0.1, -0.05) is 24.3 Å². The highest BCUT2D eigenvalue weighted by Gasteiger charge is 2.35. The summed E-state index contributed by atoms with van der Waals surface area (Å²) in [6, 6.07) is 11.6. The van der Waals surface area contributed by atoms with Crippen molar-refractivity contribution in [3.63, 3.8) is 0 Å². The van der Waals surface area contributed by atoms with Crippen molar-refractivity contribution in [3.8, 4) is 23.0 Å². The lowest BCUT2D eigenvalue weighted by molar-refractivity contribution is -0.143. The fraction of sp³-hybridized carbons (Fsp3) is 0.431. The number of esters is 2. The second kappa shape index (κ2) is 24.0. The highest BCUT2D eigenvalue weighted by atomic mass is 16.6. The number of nitrogens with zero attached hydrogens (tertiary/aromatic N) is 4. The Morgan fingerprint density at radius 3 is 1.73 bits per heavy atom. The largest absolute Gasteiger partial charge is 0.493 e. The molecule has 3 aromatic carbocycles. The average molecular weight is 966 g/mol. The highest BCUT2D eigenvalue weighted by molar-refractivity contribution is 6.04. The van der Waals surface area contributed by atoms with Crippen LogP contribution in [-0.4, -0.2) is 151 Å². The van der Waals surface area contributed by atoms with Gasteiger partial charge in [0, 0.05) is 43.7 Å². The Morgan fingerprint density at radius 2 is 1.17 bits per heavy atom. The van der Waals surface area contributed by atoms with Crippen molar-refractivity contribution in [2.24, 2.45) is 9.98 Å². The zero-order chi connectivity index (χ0) is 49.7. The minimum atomic E-state index is -0.792. The summed E-state index contributed by atoms with van der Waals surface area (Å²) >= 11 is 0. The molecule has 3 aromatic rings. The van der Waals surface area contributed by atoms with Crippen LogP contribution in [0.15, 0.2) is 76.8 Å². The van der Waals surface area contributed by atoms with E-state index in [0.29, 0.717) is 71.4 Å². The standard InChI is InChI=1S/C51H59N5O14/c1-31-13-37-24-52-42-22-44(33(3)15-40(42)50(60)55(37)26-31)69-28-34-16-35(29-70-46-23-43-41(21-45(46)62-4)51(61)56-27-32(2)14-38(56)25-53-43)18-39(17-34)68-12-11-66-8-7-65-9-10-67-30-47(57)54-36(19-48(58)63-5)20-49(59)64-6/h15-18,21-25,36-38H,1-2,7-14,19-20,26-30H2,3-6H3,(H,54,57)/t37-,38-/m0/s1. The van der Waals surface area contributed by atoms with E-state index in [9.17, 15) is 24.0 Å². The maximum Gasteiger partial charge on any atom is 0.307 e. The number of aliphatic imine (C=N–C) groups is 2. The van der Waals surface area contributed by atoms with Crippen LogP contribution >= 0.6 is 0 Å². The molecule has 4 aliphatic heterocycles. The summed E-state index contributed by atoms with van der Waals surface area (Å²) in [5, 5.41) is 2.58. The van der Waals surface area contributed by atoms with Gasteiger partial charge < -0.3 is 57.7 Å². The molecule has 0 saturated carbocycles. The summed E-state index contributed by atoms with van der Waals surface area (Å²) < 4.78 is 50.5. The minimum absolute atomic E-state index is 0.0818. The van der Waals surface area contributed by atoms with E-state index in [1.54, 1.807) is 40.4 Å². The van der Waals surface area contributed by atoms with Crippen molar-refractivity contribution < 1.29 is 66.6 Å². The number of nitrogens with one attached hydrogen (secondary N) is 1. The van der Waals surface area contributed by atoms with Gasteiger partial charge in [-0.15, -0.1) is 0 Å². The predicted octanol–water partition coefficient (Wildman–Crippen LogP) is 5.17. The van der Waals surface area contributed by atoms with E-state index in [4.69, 9.17) is 33.2 Å². The molecule has 0 aromatic heterocycles. The fourth-order valence-electron chi connectivity index (χ4n) is 8.36. The van der Waals surface area contributed by atoms with Gasteiger partial charge in [-0.3, -0.25) is 34.0 Å². The van der Waals surface area contributed by atoms with Crippen molar-refractivity contribution in [2.75, 3.05) is 80.7 Å². The number of fused-ring (bicyclic) bond motifs is 4. The molecule has 2 saturated heterocycles. The molecule has 0 spiro atoms. The second-order valence-electron chi connectivity index (χ2n) is 17.1. The third-order valence-corrected chi connectivity index (χ3v) is 11.8. The normalized spacial score (nSPS) is 16.8. The average Bonchev–Trinajstić information content (AvgIpc) is 3.86. The number of hydrogen-bond acceptors (Lipinski definition) is 16. The van der Waals surface area contributed by atoms with Gasteiger partial charge >= 0.3 is 11.9 Å². The Morgan fingerprint density at radius 1 is 0.657 bits per heavy atom. The molecule has 0 bridgehead atoms. The molecule has 1 N–H and O–H groups in total. The van der Waals surface area contributed by atoms with Gasteiger partial charge in [0.1, 0.15) is 37.9 Å². The lowest BCUT2D eigenvalue weighted by Crippen LogP contribution is -2.40. The summed E-state index contributed by atoms with van der Waals surface area (Å²) in [6.07, 6.45) is 4.56. The zero-order valence-corrected chi connectivity index (χ0v) is 40.0. The van der Waals surface area contributed by atoms with E-state index in [2.05, 4.69) is 37.9 Å². The molecule has 2 fully saturated rings. The summed E-state index contributed by atoms with van der Waals surface area (Å²) in [5.74, 6) is 0.0365. The van der Waals surface area contributed by atoms with Gasteiger partial charge in [0.05, 0.1) is 102 Å². The molecular weight excluding hydrogens is 907 g/mol. The Hall–Kier alpha value is -7.09. The number of aryl methyl sites for hydroxylation is 1. The van der Waals surface area contributed by atoms with Crippen LogP contribution in [-0.2, 0) is 51.3 Å². The Balaban J connectivity index is 0.939. The molecule has 4 heterocycles. The number of carbonyl (C=O) groups is 5. The third kappa shape index (κ3) is 13.2. The molecule has 0 radical (unpaired) electrons. The van der Waals surface area contributed by atoms with Crippen LogP contribution in [0.5, 0.6) is 23.0 Å². The summed E-state index contributed by atoms with van der Waals surface area (Å²) in [6.45, 7) is 12.3. The molecular formula is C51H59N5O14. The van der Waals surface area contributed by atoms with E-state index in [1.807, 2.05) is 31.2 Å². The van der Waals surface area contributed by atoms with Crippen molar-refractivity contribution in [1.29, 1.82) is 0 Å². The lowest BCUT2D eigenvalue weighted by Gasteiger charge is -2.20. The number of methoxy groups -OCH3 is 3. The second-order valence-corrected chi connectivity index (χ2v) is 17.1. The van der Waals surface area contributed by atoms with Crippen molar-refractivity contribution in [2.45, 2.75) is 63.9 Å². The highest BCUT2D eigenvalue weighted by Crippen LogP contribution is 2.39. The topological polar surface area (TPSA) is 212 Å². The summed E-state index contributed by atoms with van der Waals surface area (Å²) in [7, 11) is 3.95. The number of benzene rings is 3. The first-order chi connectivity index (χ1) is 33.8. The van der Waals surface area contributed by atoms with Gasteiger partial charge in [-0.25, -0.2) is 0 Å². The molecule has 19 nitrogen and oxygen atoms in total. The fourth-order valence-corrected chi connectivity index (χ4v) is 8.36. The number of ether oxygens (including phenoxy) is 9. The molecule has 4 aliphatic rings. The van der Waals surface area contributed by atoms with Gasteiger partial charge in [0.2, 0.25) is 5.91 Å². The van der Waals surface area contributed by atoms with E-state index < -0.39 is 23.9 Å². The number of rotatable bonds is 24. The van der Waals surface area contributed by atoms with Crippen molar-refractivity contribution in [3.05, 3.63) is 94.6 Å². The molecule has 3 amide bonds. The third-order valence-electron chi connectivity index (χ3n) is 11.8. The van der Waals surface area contributed by atoms with E-state index >= 15 is 0 Å². The molecule has 0 unspecified atom stereocenters. The van der Waals surface area contributed by atoms with Crippen molar-refractivity contribution >= 4 is 53.5 Å². The SMILES string of the molecule is C=C1C[C@H]2C=Nc3cc(OCc4cc(COc5cc6c(cc5OC)C(=O)N5CC(=C)C[C@H]5C=N6)cc(OCCOCCOCCOCC(=O)NC(CC(=O)OC)CC(=O)OC)c4)c(C)cc3C(=O)N2C1. The van der Waals surface area contributed by atoms with Gasteiger partial charge in [-0.2, -0.15) is 0 Å². The van der Waals surface area contributed by atoms with Crippen LogP contribution in [0, 0.1) is 6.92 Å². The van der Waals surface area contributed by atoms with Crippen LogP contribution in [0.25, 0.3) is 0 Å². The van der Waals surface area contributed by atoms with Crippen molar-refractivity contribution in [1.82, 2.24) is 15.1 Å². The maximum atomic E-state index is 13.5. The van der Waals surface area contributed by atoms with Gasteiger partial charge in [0.15, 0.2) is 11.5 Å². The first kappa shape index (κ1) is 50.8. The molecule has 372 valence electrons. The zero-order valence-electron chi connectivity index (χ0n) is 40.0. The Kier molecular flexibility index (Phi) is 17.4. The smallest absolute Gasteiger partial charge is 0.307 e. The first-order valence-electron chi connectivity index (χ1n) is 22.9. The molecule has 7 rings (SSSR count). The van der Waals surface area contributed by atoms with Crippen LogP contribution in [0.3, 0.4) is 0 Å². The van der Waals surface area contributed by atoms with E-state index in [1.165, 1.54) is 21.3 Å².